The van der Waals surface area contributed by atoms with Gasteiger partial charge in [0.05, 0.1) is 54.7 Å². The summed E-state index contributed by atoms with van der Waals surface area (Å²) < 4.78 is 53.6. The number of nitrogens with one attached hydrogen (secondary N) is 1. The van der Waals surface area contributed by atoms with E-state index >= 15 is 0 Å². The van der Waals surface area contributed by atoms with Crippen LogP contribution in [0.2, 0.25) is 0 Å². The third-order valence-electron chi connectivity index (χ3n) is 12.8. The van der Waals surface area contributed by atoms with Crippen molar-refractivity contribution in [1.82, 2.24) is 0 Å². The van der Waals surface area contributed by atoms with Crippen molar-refractivity contribution in [2.75, 3.05) is 37.9 Å². The first-order chi connectivity index (χ1) is 33.7. The molecule has 5 N–H and O–H groups in total. The molecule has 0 radical (unpaired) electrons. The van der Waals surface area contributed by atoms with Gasteiger partial charge < -0.3 is 43.8 Å². The highest BCUT2D eigenvalue weighted by Gasteiger charge is 2.49. The smallest absolute Gasteiger partial charge is 0.358 e. The van der Waals surface area contributed by atoms with Crippen molar-refractivity contribution in [2.24, 2.45) is 4.99 Å². The molecule has 2 atom stereocenters. The Kier molecular flexibility index (Phi) is 23.4. The summed E-state index contributed by atoms with van der Waals surface area (Å²) >= 11 is 0. The summed E-state index contributed by atoms with van der Waals surface area (Å²) in [5, 5.41) is 39.9. The van der Waals surface area contributed by atoms with Crippen LogP contribution in [0.5, 0.6) is 0 Å². The molecule has 2 aliphatic rings. The van der Waals surface area contributed by atoms with Crippen LogP contribution in [0.25, 0.3) is 0 Å². The molecule has 4 rings (SSSR count). The largest absolute Gasteiger partial charge is 0.481 e. The molecule has 2 aliphatic heterocycles. The zero-order valence-corrected chi connectivity index (χ0v) is 43.6. The predicted octanol–water partition coefficient (Wildman–Crippen LogP) is 13.0. The molecule has 0 aliphatic carbocycles. The average molecular weight is 1030 g/mol. The number of fused-ring (bicyclic) bond motifs is 2. The molecule has 2 aromatic carbocycles. The average Bonchev–Trinajstić information content (AvgIpc) is 3.75. The number of carboxylic acids is 4. The number of hydrogen-bond acceptors (Lipinski definition) is 12. The predicted molar refractivity (Wildman–Crippen MR) is 276 cm³/mol. The van der Waals surface area contributed by atoms with Crippen LogP contribution < -0.4 is 5.32 Å². The molecule has 0 saturated heterocycles. The van der Waals surface area contributed by atoms with Gasteiger partial charge in [-0.15, -0.1) is 0 Å². The number of nitrogens with zero attached hydrogens (tertiary/aromatic N) is 1. The van der Waals surface area contributed by atoms with E-state index in [1.54, 1.807) is 0 Å². The SMILES string of the molecule is C=C(C1(C)C(=CC=CC=CC2=Nc3ccc(C)cc3C2(C)CCP(=O)(OCCCCCC(=O)O)OCCCCCC(=O)O)Nc2ccc(C)cc21)P(=O)(OCCCCCC(=O)O)OCCCCCC(=O)O. The molecular weight excluding hydrogens is 951 g/mol. The third kappa shape index (κ3) is 17.9. The van der Waals surface area contributed by atoms with Crippen molar-refractivity contribution in [1.29, 1.82) is 0 Å². The van der Waals surface area contributed by atoms with E-state index in [2.05, 4.69) is 24.9 Å². The molecule has 0 amide bonds. The van der Waals surface area contributed by atoms with Crippen molar-refractivity contribution in [3.8, 4) is 0 Å². The van der Waals surface area contributed by atoms with Crippen LogP contribution in [-0.2, 0) is 57.2 Å². The molecule has 16 nitrogen and oxygen atoms in total. The number of aliphatic imine (C=N–C) groups is 1. The van der Waals surface area contributed by atoms with Crippen LogP contribution in [0.15, 0.2) is 89.4 Å². The summed E-state index contributed by atoms with van der Waals surface area (Å²) in [6, 6.07) is 12.0. The van der Waals surface area contributed by atoms with Gasteiger partial charge in [-0.05, 0) is 121 Å². The van der Waals surface area contributed by atoms with Gasteiger partial charge in [0.15, 0.2) is 0 Å². The number of unbranched alkanes of at least 4 members (excludes halogenated alkanes) is 8. The normalized spacial score (nSPS) is 18.2. The van der Waals surface area contributed by atoms with E-state index in [4.69, 9.17) is 43.5 Å². The summed E-state index contributed by atoms with van der Waals surface area (Å²) in [6.07, 6.45) is 16.0. The van der Waals surface area contributed by atoms with Crippen molar-refractivity contribution in [2.45, 2.75) is 148 Å². The number of carbonyl (C=O) groups is 4. The lowest BCUT2D eigenvalue weighted by molar-refractivity contribution is -0.138. The third-order valence-corrected chi connectivity index (χ3v) is 16.9. The topological polar surface area (TPSA) is 245 Å². The number of hydrogen-bond donors (Lipinski definition) is 5. The maximum absolute atomic E-state index is 15.0. The maximum Gasteiger partial charge on any atom is 0.358 e. The molecule has 0 saturated carbocycles. The number of rotatable bonds is 36. The molecule has 2 heterocycles. The number of aryl methyl sites for hydroxylation is 2. The second kappa shape index (κ2) is 28.3. The minimum Gasteiger partial charge on any atom is -0.481 e. The first kappa shape index (κ1) is 58.6. The van der Waals surface area contributed by atoms with E-state index in [1.165, 1.54) is 0 Å². The highest BCUT2D eigenvalue weighted by atomic mass is 31.2. The first-order valence-electron chi connectivity index (χ1n) is 24.7. The standard InChI is InChI=1S/C53H74N2O14P2/c1-39-27-29-44-42(37-39)52(4,31-36-70(64,66-32-17-7-13-23-48(56)57)67-33-18-8-14-24-49(58)59)46(54-44)21-11-6-12-22-47-53(5,43-38-40(2)28-30-45(43)55-47)41(3)71(65,68-34-19-9-15-25-50(60)61)69-35-20-10-16-26-51(62)63/h6,11-12,21-22,27-30,37-38,55H,3,7-10,13-20,23-26,31-36H2,1-2,4-5H3,(H,56,57)(H,58,59)(H,60,61)(H,62,63). The fourth-order valence-corrected chi connectivity index (χ4v) is 12.3. The molecule has 0 aromatic heterocycles. The van der Waals surface area contributed by atoms with E-state index in [-0.39, 0.29) is 63.6 Å². The molecule has 18 heteroatoms. The Morgan fingerprint density at radius 3 is 1.59 bits per heavy atom. The fourth-order valence-electron chi connectivity index (χ4n) is 8.53. The van der Waals surface area contributed by atoms with E-state index in [9.17, 15) is 28.3 Å². The zero-order chi connectivity index (χ0) is 52.1. The van der Waals surface area contributed by atoms with Gasteiger partial charge in [0.1, 0.15) is 0 Å². The van der Waals surface area contributed by atoms with Gasteiger partial charge in [0.2, 0.25) is 0 Å². The van der Waals surface area contributed by atoms with Crippen LogP contribution in [0, 0.1) is 13.8 Å². The van der Waals surface area contributed by atoms with Gasteiger partial charge in [0.25, 0.3) is 0 Å². The summed E-state index contributed by atoms with van der Waals surface area (Å²) in [7, 11) is -7.72. The van der Waals surface area contributed by atoms with Crippen molar-refractivity contribution in [3.05, 3.63) is 107 Å². The highest BCUT2D eigenvalue weighted by molar-refractivity contribution is 7.58. The molecule has 2 unspecified atom stereocenters. The minimum absolute atomic E-state index is 0.0184. The van der Waals surface area contributed by atoms with E-state index in [0.717, 1.165) is 39.3 Å². The lowest BCUT2D eigenvalue weighted by Crippen LogP contribution is -2.30. The van der Waals surface area contributed by atoms with Gasteiger partial charge in [-0.25, -0.2) is 0 Å². The molecule has 2 aromatic rings. The fraction of sp³-hybridized carbons (Fsp3) is 0.528. The summed E-state index contributed by atoms with van der Waals surface area (Å²) in [6.45, 7) is 12.7. The second-order valence-electron chi connectivity index (χ2n) is 18.7. The molecule has 0 fully saturated rings. The van der Waals surface area contributed by atoms with Crippen LogP contribution in [0.3, 0.4) is 0 Å². The number of aliphatic carboxylic acids is 4. The van der Waals surface area contributed by atoms with E-state index < -0.39 is 49.9 Å². The summed E-state index contributed by atoms with van der Waals surface area (Å²) in [5.41, 5.74) is 5.08. The second-order valence-corrected chi connectivity index (χ2v) is 22.9. The van der Waals surface area contributed by atoms with Crippen molar-refractivity contribution >= 4 is 56.2 Å². The van der Waals surface area contributed by atoms with Gasteiger partial charge >= 0.3 is 39.1 Å². The van der Waals surface area contributed by atoms with Crippen LogP contribution >= 0.6 is 15.2 Å². The summed E-state index contributed by atoms with van der Waals surface area (Å²) in [5.74, 6) is -3.53. The van der Waals surface area contributed by atoms with Gasteiger partial charge in [-0.2, -0.15) is 0 Å². The Balaban J connectivity index is 1.58. The van der Waals surface area contributed by atoms with Crippen molar-refractivity contribution < 1.29 is 66.8 Å². The Labute approximate surface area is 418 Å². The van der Waals surface area contributed by atoms with Gasteiger partial charge in [-0.1, -0.05) is 85.9 Å². The highest BCUT2D eigenvalue weighted by Crippen LogP contribution is 2.65. The lowest BCUT2D eigenvalue weighted by Gasteiger charge is -2.33. The number of carboxylic acid groups (broad SMARTS) is 4. The quantitative estimate of drug-likeness (QED) is 0.0242. The van der Waals surface area contributed by atoms with Crippen molar-refractivity contribution in [3.63, 3.8) is 0 Å². The number of anilines is 1. The lowest BCUT2D eigenvalue weighted by atomic mass is 9.76. The number of allylic oxidation sites excluding steroid dienone is 6. The molecule has 390 valence electrons. The Morgan fingerprint density at radius 1 is 0.634 bits per heavy atom. The minimum atomic E-state index is -4.06. The van der Waals surface area contributed by atoms with Gasteiger partial charge in [0, 0.05) is 42.5 Å². The Bertz CT molecular complexity index is 2350. The van der Waals surface area contributed by atoms with Crippen LogP contribution in [0.1, 0.15) is 145 Å². The van der Waals surface area contributed by atoms with Crippen LogP contribution in [-0.4, -0.2) is 82.6 Å². The number of benzene rings is 2. The Hall–Kier alpha value is -4.95. The summed E-state index contributed by atoms with van der Waals surface area (Å²) in [4.78, 5) is 49.2. The molecular formula is C53H74N2O14P2. The van der Waals surface area contributed by atoms with E-state index in [0.29, 0.717) is 89.2 Å². The Morgan fingerprint density at radius 2 is 1.10 bits per heavy atom. The molecule has 71 heavy (non-hydrogen) atoms. The van der Waals surface area contributed by atoms with E-state index in [1.807, 2.05) is 81.5 Å². The first-order valence-corrected chi connectivity index (χ1v) is 28.0. The molecule has 0 bridgehead atoms. The van der Waals surface area contributed by atoms with Gasteiger partial charge in [-0.3, -0.25) is 33.3 Å². The monoisotopic (exact) mass is 1020 g/mol. The maximum atomic E-state index is 15.0. The van der Waals surface area contributed by atoms with Crippen LogP contribution in [0.4, 0.5) is 11.4 Å². The zero-order valence-electron chi connectivity index (χ0n) is 41.8. The molecule has 0 spiro atoms.